The van der Waals surface area contributed by atoms with Crippen molar-refractivity contribution in [3.63, 3.8) is 0 Å². The zero-order valence-electron chi connectivity index (χ0n) is 24.4. The summed E-state index contributed by atoms with van der Waals surface area (Å²) in [5.41, 5.74) is 3.91. The van der Waals surface area contributed by atoms with Gasteiger partial charge in [-0.3, -0.25) is 9.59 Å². The Labute approximate surface area is 240 Å². The molecule has 1 N–H and O–H groups in total. The average Bonchev–Trinajstić information content (AvgIpc) is 2.95. The van der Waals surface area contributed by atoms with Gasteiger partial charge >= 0.3 is 11.9 Å². The summed E-state index contributed by atoms with van der Waals surface area (Å²) in [5.74, 6) is 0.0289. The smallest absolute Gasteiger partial charge is 0.336 e. The SMILES string of the molecule is CCCOC(=O)C1=C(C)NC2=C(C(=O)C[C@@H](c3ccc(OC)c(OC)c3)C2)[C@H]1c1ccc(OC(C)=O)c(OCC)c1. The van der Waals surface area contributed by atoms with Crippen LogP contribution in [0.1, 0.15) is 69.9 Å². The number of carbonyl (C=O) groups is 3. The highest BCUT2D eigenvalue weighted by Gasteiger charge is 2.42. The van der Waals surface area contributed by atoms with Gasteiger partial charge < -0.3 is 29.0 Å². The molecule has 2 aliphatic rings. The zero-order valence-corrected chi connectivity index (χ0v) is 24.4. The molecule has 0 saturated carbocycles. The summed E-state index contributed by atoms with van der Waals surface area (Å²) in [6.45, 7) is 7.49. The van der Waals surface area contributed by atoms with Crippen molar-refractivity contribution in [2.45, 2.75) is 58.8 Å². The molecular formula is C32H37NO8. The number of esters is 2. The predicted molar refractivity (Wildman–Crippen MR) is 152 cm³/mol. The van der Waals surface area contributed by atoms with E-state index in [-0.39, 0.29) is 30.5 Å². The lowest BCUT2D eigenvalue weighted by molar-refractivity contribution is -0.139. The molecule has 0 fully saturated rings. The van der Waals surface area contributed by atoms with Gasteiger partial charge in [0.2, 0.25) is 0 Å². The van der Waals surface area contributed by atoms with Crippen molar-refractivity contribution in [1.29, 1.82) is 0 Å². The predicted octanol–water partition coefficient (Wildman–Crippen LogP) is 5.34. The second kappa shape index (κ2) is 12.9. The van der Waals surface area contributed by atoms with Crippen LogP contribution in [0, 0.1) is 0 Å². The minimum Gasteiger partial charge on any atom is -0.493 e. The van der Waals surface area contributed by atoms with Crippen LogP contribution in [0.2, 0.25) is 0 Å². The van der Waals surface area contributed by atoms with E-state index in [1.165, 1.54) is 6.92 Å². The standard InChI is InChI=1S/C32H37NO8/c1-7-13-40-32(36)29-18(3)33-23-14-22(20-9-11-25(37-5)27(16-20)38-6)15-24(35)31(23)30(29)21-10-12-26(41-19(4)34)28(17-21)39-8-2/h9-12,16-17,22,30,33H,7-8,13-15H2,1-6H3/t22-,30-/m0/s1. The number of methoxy groups -OCH3 is 2. The summed E-state index contributed by atoms with van der Waals surface area (Å²) >= 11 is 0. The largest absolute Gasteiger partial charge is 0.493 e. The number of hydrogen-bond donors (Lipinski definition) is 1. The van der Waals surface area contributed by atoms with Crippen molar-refractivity contribution in [3.05, 3.63) is 70.1 Å². The van der Waals surface area contributed by atoms with Crippen LogP contribution >= 0.6 is 0 Å². The Balaban J connectivity index is 1.81. The molecule has 1 heterocycles. The summed E-state index contributed by atoms with van der Waals surface area (Å²) in [6.07, 6.45) is 1.49. The Kier molecular flexibility index (Phi) is 9.37. The maximum atomic E-state index is 14.0. The normalized spacial score (nSPS) is 18.3. The molecule has 0 radical (unpaired) electrons. The van der Waals surface area contributed by atoms with Crippen LogP contribution in [0.3, 0.4) is 0 Å². The van der Waals surface area contributed by atoms with Crippen molar-refractivity contribution in [2.75, 3.05) is 27.4 Å². The van der Waals surface area contributed by atoms with Crippen LogP contribution < -0.4 is 24.3 Å². The fraction of sp³-hybridized carbons (Fsp3) is 0.406. The van der Waals surface area contributed by atoms with E-state index in [0.29, 0.717) is 59.1 Å². The van der Waals surface area contributed by atoms with E-state index < -0.39 is 17.9 Å². The van der Waals surface area contributed by atoms with Crippen molar-refractivity contribution in [2.24, 2.45) is 0 Å². The quantitative estimate of drug-likeness (QED) is 0.302. The fourth-order valence-electron chi connectivity index (χ4n) is 5.47. The molecule has 0 bridgehead atoms. The lowest BCUT2D eigenvalue weighted by Gasteiger charge is -2.37. The first-order chi connectivity index (χ1) is 19.7. The van der Waals surface area contributed by atoms with Crippen LogP contribution in [-0.4, -0.2) is 45.2 Å². The first-order valence-electron chi connectivity index (χ1n) is 13.8. The highest BCUT2D eigenvalue weighted by Crippen LogP contribution is 2.47. The third-order valence-corrected chi connectivity index (χ3v) is 7.22. The van der Waals surface area contributed by atoms with E-state index in [9.17, 15) is 14.4 Å². The molecule has 1 aliphatic heterocycles. The Morgan fingerprint density at radius 3 is 2.27 bits per heavy atom. The molecule has 0 saturated heterocycles. The number of hydrogen-bond acceptors (Lipinski definition) is 9. The van der Waals surface area contributed by atoms with Gasteiger partial charge in [0.05, 0.1) is 33.0 Å². The van der Waals surface area contributed by atoms with E-state index in [1.807, 2.05) is 39.0 Å². The highest BCUT2D eigenvalue weighted by molar-refractivity contribution is 6.04. The molecule has 0 amide bonds. The Bertz CT molecular complexity index is 1410. The van der Waals surface area contributed by atoms with Gasteiger partial charge in [0.1, 0.15) is 0 Å². The summed E-state index contributed by atoms with van der Waals surface area (Å²) in [6, 6.07) is 10.8. The van der Waals surface area contributed by atoms with Gasteiger partial charge in [-0.2, -0.15) is 0 Å². The minimum absolute atomic E-state index is 0.0705. The van der Waals surface area contributed by atoms with Crippen molar-refractivity contribution in [1.82, 2.24) is 5.32 Å². The molecule has 41 heavy (non-hydrogen) atoms. The number of Topliss-reactive ketones (excluding diaryl/α,β-unsaturated/α-hetero) is 1. The molecule has 9 heteroatoms. The van der Waals surface area contributed by atoms with E-state index >= 15 is 0 Å². The molecule has 2 aromatic carbocycles. The maximum Gasteiger partial charge on any atom is 0.336 e. The number of allylic oxidation sites excluding steroid dienone is 3. The van der Waals surface area contributed by atoms with Crippen LogP contribution in [0.4, 0.5) is 0 Å². The van der Waals surface area contributed by atoms with Crippen molar-refractivity contribution < 1.29 is 38.1 Å². The van der Waals surface area contributed by atoms with E-state index in [0.717, 1.165) is 11.3 Å². The number of nitrogens with one attached hydrogen (secondary N) is 1. The lowest BCUT2D eigenvalue weighted by atomic mass is 9.71. The average molecular weight is 564 g/mol. The molecule has 4 rings (SSSR count). The Hall–Kier alpha value is -4.27. The summed E-state index contributed by atoms with van der Waals surface area (Å²) in [7, 11) is 3.16. The maximum absolute atomic E-state index is 14.0. The summed E-state index contributed by atoms with van der Waals surface area (Å²) in [4.78, 5) is 39.0. The molecule has 0 spiro atoms. The van der Waals surface area contributed by atoms with E-state index in [1.54, 1.807) is 32.4 Å². The van der Waals surface area contributed by atoms with Crippen molar-refractivity contribution in [3.8, 4) is 23.0 Å². The minimum atomic E-state index is -0.681. The third kappa shape index (κ3) is 6.24. The first-order valence-corrected chi connectivity index (χ1v) is 13.8. The van der Waals surface area contributed by atoms with Gasteiger partial charge in [0.15, 0.2) is 28.8 Å². The molecule has 9 nitrogen and oxygen atoms in total. The van der Waals surface area contributed by atoms with Gasteiger partial charge in [-0.25, -0.2) is 4.79 Å². The Morgan fingerprint density at radius 1 is 0.927 bits per heavy atom. The summed E-state index contributed by atoms with van der Waals surface area (Å²) in [5, 5.41) is 3.37. The lowest BCUT2D eigenvalue weighted by Crippen LogP contribution is -2.36. The molecule has 0 aromatic heterocycles. The second-order valence-corrected chi connectivity index (χ2v) is 10.0. The third-order valence-electron chi connectivity index (χ3n) is 7.22. The number of carbonyl (C=O) groups excluding carboxylic acids is 3. The first kappa shape index (κ1) is 29.7. The van der Waals surface area contributed by atoms with Crippen LogP contribution in [0.25, 0.3) is 0 Å². The number of rotatable bonds is 10. The number of ether oxygens (including phenoxy) is 5. The van der Waals surface area contributed by atoms with Gasteiger partial charge in [0.25, 0.3) is 0 Å². The molecule has 2 atom stereocenters. The van der Waals surface area contributed by atoms with Crippen molar-refractivity contribution >= 4 is 17.7 Å². The van der Waals surface area contributed by atoms with Crippen LogP contribution in [0.5, 0.6) is 23.0 Å². The topological polar surface area (TPSA) is 109 Å². The summed E-state index contributed by atoms with van der Waals surface area (Å²) < 4.78 is 27.6. The van der Waals surface area contributed by atoms with Gasteiger partial charge in [-0.05, 0) is 68.0 Å². The molecular weight excluding hydrogens is 526 g/mol. The van der Waals surface area contributed by atoms with Gasteiger partial charge in [0, 0.05) is 36.2 Å². The zero-order chi connectivity index (χ0) is 29.7. The van der Waals surface area contributed by atoms with Crippen LogP contribution in [-0.2, 0) is 19.1 Å². The molecule has 1 aliphatic carbocycles. The Morgan fingerprint density at radius 2 is 1.61 bits per heavy atom. The molecule has 2 aromatic rings. The second-order valence-electron chi connectivity index (χ2n) is 10.0. The number of dihydropyridines is 1. The van der Waals surface area contributed by atoms with Gasteiger partial charge in [-0.15, -0.1) is 0 Å². The number of benzene rings is 2. The van der Waals surface area contributed by atoms with Gasteiger partial charge in [-0.1, -0.05) is 19.1 Å². The molecule has 218 valence electrons. The van der Waals surface area contributed by atoms with Crippen LogP contribution in [0.15, 0.2) is 58.9 Å². The highest BCUT2D eigenvalue weighted by atomic mass is 16.6. The number of ketones is 1. The van der Waals surface area contributed by atoms with E-state index in [2.05, 4.69) is 5.32 Å². The monoisotopic (exact) mass is 563 g/mol. The molecule has 0 unspecified atom stereocenters. The van der Waals surface area contributed by atoms with E-state index in [4.69, 9.17) is 23.7 Å². The fourth-order valence-corrected chi connectivity index (χ4v) is 5.47.